The van der Waals surface area contributed by atoms with Crippen LogP contribution in [0.5, 0.6) is 5.75 Å². The second-order valence-electron chi connectivity index (χ2n) is 6.80. The van der Waals surface area contributed by atoms with Gasteiger partial charge in [-0.15, -0.1) is 0 Å². The van der Waals surface area contributed by atoms with E-state index in [-0.39, 0.29) is 0 Å². The Labute approximate surface area is 170 Å². The summed E-state index contributed by atoms with van der Waals surface area (Å²) in [6.07, 6.45) is 8.77. The molecule has 28 heavy (non-hydrogen) atoms. The molecule has 3 N–H and O–H groups in total. The van der Waals surface area contributed by atoms with E-state index in [4.69, 9.17) is 10.5 Å². The molecule has 0 aliphatic rings. The molecule has 0 saturated carbocycles. The molecule has 2 aromatic carbocycles. The number of anilines is 1. The lowest BCUT2D eigenvalue weighted by Gasteiger charge is -2.05. The third-order valence-corrected chi connectivity index (χ3v) is 4.34. The van der Waals surface area contributed by atoms with Crippen molar-refractivity contribution in [1.29, 1.82) is 0 Å². The van der Waals surface area contributed by atoms with Crippen molar-refractivity contribution in [2.75, 3.05) is 18.5 Å². The maximum atomic E-state index is 10.2. The summed E-state index contributed by atoms with van der Waals surface area (Å²) in [4.78, 5) is 10.2. The number of nitrogens with two attached hydrogens (primary N) is 1. The van der Waals surface area contributed by atoms with Crippen molar-refractivity contribution in [3.63, 3.8) is 0 Å². The van der Waals surface area contributed by atoms with Crippen molar-refractivity contribution in [3.05, 3.63) is 59.7 Å². The van der Waals surface area contributed by atoms with Crippen LogP contribution in [0, 0.1) is 0 Å². The minimum Gasteiger partial charge on any atom is -0.494 e. The molecule has 0 saturated heterocycles. The number of carbonyl (C=O) groups is 1. The van der Waals surface area contributed by atoms with Crippen molar-refractivity contribution in [2.24, 2.45) is 5.73 Å². The fourth-order valence-electron chi connectivity index (χ4n) is 2.72. The van der Waals surface area contributed by atoms with Crippen LogP contribution in [-0.4, -0.2) is 19.6 Å². The van der Waals surface area contributed by atoms with E-state index in [0.717, 1.165) is 37.3 Å². The molecular weight excluding hydrogens is 348 g/mol. The molecule has 1 amide bonds. The first-order valence-corrected chi connectivity index (χ1v) is 10.4. The van der Waals surface area contributed by atoms with E-state index in [1.807, 2.05) is 30.3 Å². The van der Waals surface area contributed by atoms with Gasteiger partial charge in [0.15, 0.2) is 0 Å². The molecule has 4 nitrogen and oxygen atoms in total. The largest absolute Gasteiger partial charge is 0.494 e. The highest BCUT2D eigenvalue weighted by Crippen LogP contribution is 2.13. The van der Waals surface area contributed by atoms with Crippen molar-refractivity contribution in [3.8, 4) is 5.75 Å². The average molecular weight is 385 g/mol. The monoisotopic (exact) mass is 384 g/mol. The van der Waals surface area contributed by atoms with Crippen molar-refractivity contribution >= 4 is 12.1 Å². The molecule has 0 aliphatic carbocycles. The SMILES string of the molecule is CCCCCc1cccc(NC=O)c1.CCCCOc1ccc(CCN)cc1. The van der Waals surface area contributed by atoms with Crippen LogP contribution in [0.4, 0.5) is 5.69 Å². The number of hydrogen-bond donors (Lipinski definition) is 2. The molecule has 0 radical (unpaired) electrons. The van der Waals surface area contributed by atoms with E-state index in [9.17, 15) is 4.79 Å². The number of nitrogens with one attached hydrogen (secondary N) is 1. The number of ether oxygens (including phenoxy) is 1. The van der Waals surface area contributed by atoms with Crippen LogP contribution in [0.15, 0.2) is 48.5 Å². The Morgan fingerprint density at radius 2 is 1.68 bits per heavy atom. The van der Waals surface area contributed by atoms with Gasteiger partial charge in [-0.2, -0.15) is 0 Å². The van der Waals surface area contributed by atoms with Gasteiger partial charge >= 0.3 is 0 Å². The van der Waals surface area contributed by atoms with Gasteiger partial charge in [-0.1, -0.05) is 57.4 Å². The second-order valence-corrected chi connectivity index (χ2v) is 6.80. The lowest BCUT2D eigenvalue weighted by molar-refractivity contribution is -0.105. The minimum atomic E-state index is 0.704. The van der Waals surface area contributed by atoms with Crippen LogP contribution in [0.1, 0.15) is 57.1 Å². The maximum absolute atomic E-state index is 10.2. The number of carbonyl (C=O) groups excluding carboxylic acids is 1. The molecule has 0 unspecified atom stereocenters. The van der Waals surface area contributed by atoms with Crippen molar-refractivity contribution < 1.29 is 9.53 Å². The number of aryl methyl sites for hydroxylation is 1. The Morgan fingerprint density at radius 1 is 0.929 bits per heavy atom. The third kappa shape index (κ3) is 10.7. The summed E-state index contributed by atoms with van der Waals surface area (Å²) in [6.45, 7) is 5.88. The Balaban J connectivity index is 0.000000280. The van der Waals surface area contributed by atoms with Gasteiger partial charge in [0.2, 0.25) is 6.41 Å². The molecule has 0 spiro atoms. The Kier molecular flexibility index (Phi) is 13.3. The van der Waals surface area contributed by atoms with Gasteiger partial charge in [0.05, 0.1) is 6.61 Å². The normalized spacial score (nSPS) is 9.96. The van der Waals surface area contributed by atoms with Crippen LogP contribution in [-0.2, 0) is 17.6 Å². The first kappa shape index (κ1) is 23.7. The van der Waals surface area contributed by atoms with Crippen LogP contribution in [0.25, 0.3) is 0 Å². The average Bonchev–Trinajstić information content (AvgIpc) is 2.71. The van der Waals surface area contributed by atoms with Gasteiger partial charge in [0, 0.05) is 5.69 Å². The van der Waals surface area contributed by atoms with Gasteiger partial charge < -0.3 is 15.8 Å². The molecule has 0 aliphatic heterocycles. The number of benzene rings is 2. The van der Waals surface area contributed by atoms with Gasteiger partial charge in [0.25, 0.3) is 0 Å². The van der Waals surface area contributed by atoms with Crippen molar-refractivity contribution in [1.82, 2.24) is 0 Å². The summed E-state index contributed by atoms with van der Waals surface area (Å²) in [6, 6.07) is 16.2. The van der Waals surface area contributed by atoms with Crippen LogP contribution >= 0.6 is 0 Å². The predicted molar refractivity (Wildman–Crippen MR) is 119 cm³/mol. The highest BCUT2D eigenvalue weighted by molar-refractivity contribution is 5.71. The number of amides is 1. The number of rotatable bonds is 12. The van der Waals surface area contributed by atoms with E-state index >= 15 is 0 Å². The van der Waals surface area contributed by atoms with E-state index in [1.165, 1.54) is 36.8 Å². The summed E-state index contributed by atoms with van der Waals surface area (Å²) in [7, 11) is 0. The van der Waals surface area contributed by atoms with E-state index in [1.54, 1.807) is 0 Å². The van der Waals surface area contributed by atoms with E-state index in [0.29, 0.717) is 13.0 Å². The molecule has 0 fully saturated rings. The molecule has 4 heteroatoms. The lowest BCUT2D eigenvalue weighted by atomic mass is 10.1. The second kappa shape index (κ2) is 15.7. The highest BCUT2D eigenvalue weighted by atomic mass is 16.5. The van der Waals surface area contributed by atoms with Crippen molar-refractivity contribution in [2.45, 2.75) is 58.8 Å². The van der Waals surface area contributed by atoms with Crippen LogP contribution in [0.3, 0.4) is 0 Å². The van der Waals surface area contributed by atoms with Crippen LogP contribution in [0.2, 0.25) is 0 Å². The van der Waals surface area contributed by atoms with Gasteiger partial charge in [-0.3, -0.25) is 4.79 Å². The minimum absolute atomic E-state index is 0.704. The summed E-state index contributed by atoms with van der Waals surface area (Å²) >= 11 is 0. The van der Waals surface area contributed by atoms with E-state index in [2.05, 4.69) is 37.4 Å². The zero-order chi connectivity index (χ0) is 20.5. The summed E-state index contributed by atoms with van der Waals surface area (Å²) < 4.78 is 5.55. The molecule has 0 atom stereocenters. The Morgan fingerprint density at radius 3 is 2.32 bits per heavy atom. The molecule has 154 valence electrons. The van der Waals surface area contributed by atoms with Crippen LogP contribution < -0.4 is 15.8 Å². The smallest absolute Gasteiger partial charge is 0.211 e. The zero-order valence-electron chi connectivity index (χ0n) is 17.5. The van der Waals surface area contributed by atoms with Gasteiger partial charge in [-0.05, 0) is 67.6 Å². The fourth-order valence-corrected chi connectivity index (χ4v) is 2.72. The summed E-state index contributed by atoms with van der Waals surface area (Å²) in [5, 5.41) is 2.66. The number of unbranched alkanes of at least 4 members (excludes halogenated alkanes) is 3. The number of hydrogen-bond acceptors (Lipinski definition) is 3. The molecule has 0 aromatic heterocycles. The molecule has 0 heterocycles. The fraction of sp³-hybridized carbons (Fsp3) is 0.458. The van der Waals surface area contributed by atoms with Gasteiger partial charge in [0.1, 0.15) is 5.75 Å². The summed E-state index contributed by atoms with van der Waals surface area (Å²) in [5.41, 5.74) is 8.92. The molecule has 2 aromatic rings. The lowest BCUT2D eigenvalue weighted by Crippen LogP contribution is -2.02. The Hall–Kier alpha value is -2.33. The third-order valence-electron chi connectivity index (χ3n) is 4.34. The van der Waals surface area contributed by atoms with E-state index < -0.39 is 0 Å². The Bertz CT molecular complexity index is 641. The maximum Gasteiger partial charge on any atom is 0.211 e. The quantitative estimate of drug-likeness (QED) is 0.383. The van der Waals surface area contributed by atoms with Gasteiger partial charge in [-0.25, -0.2) is 0 Å². The topological polar surface area (TPSA) is 64.3 Å². The predicted octanol–water partition coefficient (Wildman–Crippen LogP) is 5.35. The first-order chi connectivity index (χ1) is 13.7. The molecular formula is C24H36N2O2. The highest BCUT2D eigenvalue weighted by Gasteiger charge is 1.95. The summed E-state index contributed by atoms with van der Waals surface area (Å²) in [5.74, 6) is 0.958. The molecule has 2 rings (SSSR count). The standard InChI is InChI=1S/C12H19NO.C12H17NO/c1-2-3-10-14-12-6-4-11(5-7-12)8-9-13;1-2-3-4-6-11-7-5-8-12(9-11)13-10-14/h4-7H,2-3,8-10,13H2,1H3;5,7-10H,2-4,6H2,1H3,(H,13,14). The molecule has 0 bridgehead atoms. The first-order valence-electron chi connectivity index (χ1n) is 10.4. The zero-order valence-corrected chi connectivity index (χ0v) is 17.5.